The molecule has 1 amide bonds. The molecule has 0 unspecified atom stereocenters. The molecule has 4 aliphatic rings. The third kappa shape index (κ3) is 1.36. The Morgan fingerprint density at radius 3 is 2.86 bits per heavy atom. The highest BCUT2D eigenvalue weighted by atomic mass is 16.7. The van der Waals surface area contributed by atoms with Crippen LogP contribution in [0.5, 0.6) is 0 Å². The Morgan fingerprint density at radius 1 is 1.41 bits per heavy atom. The van der Waals surface area contributed by atoms with Crippen LogP contribution >= 0.6 is 0 Å². The van der Waals surface area contributed by atoms with Gasteiger partial charge in [-0.3, -0.25) is 14.6 Å². The lowest BCUT2D eigenvalue weighted by atomic mass is 9.64. The Bertz CT molecular complexity index is 666. The van der Waals surface area contributed by atoms with Crippen LogP contribution in [0.4, 0.5) is 0 Å². The molecule has 5 nitrogen and oxygen atoms in total. The number of hydrogen-bond donors (Lipinski definition) is 0. The van der Waals surface area contributed by atoms with Crippen molar-refractivity contribution < 1.29 is 14.4 Å². The number of carbonyl (C=O) groups excluding carboxylic acids is 1. The molecular weight excluding hydrogens is 280 g/mol. The zero-order valence-corrected chi connectivity index (χ0v) is 13.1. The number of pyridine rings is 1. The predicted molar refractivity (Wildman–Crippen MR) is 80.7 cm³/mol. The number of fused-ring (bicyclic) bond motifs is 1. The summed E-state index contributed by atoms with van der Waals surface area (Å²) in [5, 5.41) is 1.33. The van der Waals surface area contributed by atoms with Gasteiger partial charge in [-0.15, -0.1) is 0 Å². The van der Waals surface area contributed by atoms with Crippen LogP contribution in [0, 0.1) is 11.3 Å². The average Bonchev–Trinajstić information content (AvgIpc) is 2.99. The molecule has 4 aliphatic carbocycles. The SMILES string of the molecule is CON(C)C(=O)C12CC(C1)[C@H]1c3ncccc3C=C[C@]12OC. The maximum Gasteiger partial charge on any atom is 0.255 e. The smallest absolute Gasteiger partial charge is 0.255 e. The highest BCUT2D eigenvalue weighted by Gasteiger charge is 2.76. The fourth-order valence-electron chi connectivity index (χ4n) is 4.89. The van der Waals surface area contributed by atoms with Crippen LogP contribution in [0.1, 0.15) is 30.0 Å². The van der Waals surface area contributed by atoms with Gasteiger partial charge < -0.3 is 4.74 Å². The van der Waals surface area contributed by atoms with Crippen molar-refractivity contribution in [1.82, 2.24) is 10.0 Å². The Hall–Kier alpha value is -1.72. The van der Waals surface area contributed by atoms with Crippen molar-refractivity contribution in [3.05, 3.63) is 35.7 Å². The quantitative estimate of drug-likeness (QED) is 0.801. The lowest BCUT2D eigenvalue weighted by Gasteiger charge is -2.46. The monoisotopic (exact) mass is 300 g/mol. The molecule has 1 heterocycles. The van der Waals surface area contributed by atoms with Crippen molar-refractivity contribution >= 4 is 12.0 Å². The Kier molecular flexibility index (Phi) is 2.78. The van der Waals surface area contributed by atoms with E-state index in [2.05, 4.69) is 17.1 Å². The summed E-state index contributed by atoms with van der Waals surface area (Å²) in [6, 6.07) is 4.02. The van der Waals surface area contributed by atoms with Crippen LogP contribution in [0.3, 0.4) is 0 Å². The van der Waals surface area contributed by atoms with E-state index in [-0.39, 0.29) is 11.8 Å². The second-order valence-electron chi connectivity index (χ2n) is 6.52. The highest BCUT2D eigenvalue weighted by molar-refractivity contribution is 5.87. The number of hydroxylamine groups is 2. The van der Waals surface area contributed by atoms with E-state index in [1.54, 1.807) is 14.2 Å². The van der Waals surface area contributed by atoms with Crippen LogP contribution < -0.4 is 0 Å². The van der Waals surface area contributed by atoms with Crippen LogP contribution in [0.15, 0.2) is 24.4 Å². The summed E-state index contributed by atoms with van der Waals surface area (Å²) in [6.07, 6.45) is 7.61. The summed E-state index contributed by atoms with van der Waals surface area (Å²) in [7, 11) is 4.89. The highest BCUT2D eigenvalue weighted by Crippen LogP contribution is 2.73. The van der Waals surface area contributed by atoms with Crippen molar-refractivity contribution in [2.45, 2.75) is 24.4 Å². The van der Waals surface area contributed by atoms with E-state index in [1.807, 2.05) is 18.3 Å². The average molecular weight is 300 g/mol. The van der Waals surface area contributed by atoms with Gasteiger partial charge >= 0.3 is 0 Å². The summed E-state index contributed by atoms with van der Waals surface area (Å²) < 4.78 is 6.00. The number of rotatable bonds is 3. The summed E-state index contributed by atoms with van der Waals surface area (Å²) in [5.41, 5.74) is 1.05. The molecule has 0 spiro atoms. The first-order valence-electron chi connectivity index (χ1n) is 7.61. The molecule has 0 aromatic carbocycles. The number of hydrogen-bond acceptors (Lipinski definition) is 4. The normalized spacial score (nSPS) is 37.2. The first-order valence-corrected chi connectivity index (χ1v) is 7.61. The maximum atomic E-state index is 12.9. The zero-order valence-electron chi connectivity index (χ0n) is 13.1. The van der Waals surface area contributed by atoms with Crippen molar-refractivity contribution in [3.63, 3.8) is 0 Å². The van der Waals surface area contributed by atoms with Gasteiger partial charge in [-0.2, -0.15) is 0 Å². The van der Waals surface area contributed by atoms with Gasteiger partial charge in [0.05, 0.1) is 18.2 Å². The van der Waals surface area contributed by atoms with Crippen LogP contribution in [-0.4, -0.2) is 42.8 Å². The largest absolute Gasteiger partial charge is 0.372 e. The first-order chi connectivity index (χ1) is 10.6. The van der Waals surface area contributed by atoms with Crippen LogP contribution in [0.25, 0.3) is 6.08 Å². The van der Waals surface area contributed by atoms with Crippen molar-refractivity contribution in [1.29, 1.82) is 0 Å². The summed E-state index contributed by atoms with van der Waals surface area (Å²) >= 11 is 0. The second kappa shape index (κ2) is 4.40. The molecule has 0 N–H and O–H groups in total. The van der Waals surface area contributed by atoms with E-state index in [4.69, 9.17) is 9.57 Å². The number of ether oxygens (including phenoxy) is 1. The molecule has 3 fully saturated rings. The molecule has 5 heteroatoms. The fraction of sp³-hybridized carbons (Fsp3) is 0.529. The predicted octanol–water partition coefficient (Wildman–Crippen LogP) is 2.01. The number of carbonyl (C=O) groups is 1. The standard InChI is InChI=1S/C17H20N2O3/c1-19(22-3)15(20)16-9-12(10-16)13-14-11(5-4-8-18-14)6-7-17(13,16)21-2/h4-8,12-13H,9-10H2,1-3H3/t12?,13-,16?,17-/m0/s1. The van der Waals surface area contributed by atoms with E-state index >= 15 is 0 Å². The lowest BCUT2D eigenvalue weighted by molar-refractivity contribution is -0.196. The minimum atomic E-state index is -0.608. The number of amides is 1. The van der Waals surface area contributed by atoms with Crippen molar-refractivity contribution in [3.8, 4) is 0 Å². The van der Waals surface area contributed by atoms with E-state index < -0.39 is 11.0 Å². The molecule has 1 aromatic rings. The molecule has 3 saturated carbocycles. The topological polar surface area (TPSA) is 51.7 Å². The zero-order chi connectivity index (χ0) is 15.5. The summed E-state index contributed by atoms with van der Waals surface area (Å²) in [4.78, 5) is 22.7. The molecule has 2 atom stereocenters. The first kappa shape index (κ1) is 13.9. The molecule has 1 aromatic heterocycles. The molecule has 0 saturated heterocycles. The van der Waals surface area contributed by atoms with Gasteiger partial charge in [0.1, 0.15) is 5.60 Å². The van der Waals surface area contributed by atoms with E-state index in [1.165, 1.54) is 12.2 Å². The molecule has 0 aliphatic heterocycles. The Labute approximate surface area is 129 Å². The molecule has 0 radical (unpaired) electrons. The van der Waals surface area contributed by atoms with E-state index in [0.29, 0.717) is 5.92 Å². The third-order valence-electron chi connectivity index (χ3n) is 5.89. The third-order valence-corrected chi connectivity index (χ3v) is 5.89. The van der Waals surface area contributed by atoms with E-state index in [9.17, 15) is 4.79 Å². The number of methoxy groups -OCH3 is 1. The summed E-state index contributed by atoms with van der Waals surface area (Å²) in [5.74, 6) is 0.584. The minimum absolute atomic E-state index is 0.000342. The molecular formula is C17H20N2O3. The van der Waals surface area contributed by atoms with Gasteiger partial charge in [0.15, 0.2) is 0 Å². The number of aromatic nitrogens is 1. The van der Waals surface area contributed by atoms with Gasteiger partial charge in [-0.1, -0.05) is 18.2 Å². The van der Waals surface area contributed by atoms with Gasteiger partial charge in [0.2, 0.25) is 0 Å². The van der Waals surface area contributed by atoms with Gasteiger partial charge in [0.25, 0.3) is 5.91 Å². The lowest BCUT2D eigenvalue weighted by Crippen LogP contribution is -2.56. The fourth-order valence-corrected chi connectivity index (χ4v) is 4.89. The van der Waals surface area contributed by atoms with Crippen LogP contribution in [0.2, 0.25) is 0 Å². The maximum absolute atomic E-state index is 12.9. The second-order valence-corrected chi connectivity index (χ2v) is 6.52. The van der Waals surface area contributed by atoms with Gasteiger partial charge in [0, 0.05) is 26.3 Å². The van der Waals surface area contributed by atoms with Gasteiger partial charge in [-0.05, 0) is 30.4 Å². The Morgan fingerprint density at radius 2 is 2.18 bits per heavy atom. The Balaban J connectivity index is 1.85. The van der Waals surface area contributed by atoms with Crippen molar-refractivity contribution in [2.75, 3.05) is 21.3 Å². The summed E-state index contributed by atoms with van der Waals surface area (Å²) in [6.45, 7) is 0. The molecule has 5 rings (SSSR count). The molecule has 22 heavy (non-hydrogen) atoms. The minimum Gasteiger partial charge on any atom is -0.372 e. The van der Waals surface area contributed by atoms with E-state index in [0.717, 1.165) is 24.1 Å². The van der Waals surface area contributed by atoms with Crippen molar-refractivity contribution in [2.24, 2.45) is 11.3 Å². The van der Waals surface area contributed by atoms with Gasteiger partial charge in [-0.25, -0.2) is 5.06 Å². The molecule has 116 valence electrons. The number of nitrogens with zero attached hydrogens (tertiary/aromatic N) is 2. The van der Waals surface area contributed by atoms with Crippen LogP contribution in [-0.2, 0) is 14.4 Å². The molecule has 2 bridgehead atoms.